The van der Waals surface area contributed by atoms with Crippen molar-refractivity contribution < 1.29 is 0 Å². The number of hydrogen-bond acceptors (Lipinski definition) is 0. The van der Waals surface area contributed by atoms with Crippen LogP contribution in [0.4, 0.5) is 0 Å². The van der Waals surface area contributed by atoms with Crippen LogP contribution in [0.15, 0.2) is 0 Å². The van der Waals surface area contributed by atoms with Crippen LogP contribution in [0.2, 0.25) is 0 Å². The Morgan fingerprint density at radius 3 is 0.356 bits per heavy atom. The minimum atomic E-state index is -0.804. The van der Waals surface area contributed by atoms with Crippen molar-refractivity contribution in [3.63, 3.8) is 0 Å². The highest BCUT2D eigenvalue weighted by molar-refractivity contribution is 7.75. The monoisotopic (exact) mass is 848 g/mol. The average Bonchev–Trinajstić information content (AvgIpc) is 3.24. The van der Waals surface area contributed by atoms with Crippen molar-refractivity contribution in [1.82, 2.24) is 0 Å². The van der Waals surface area contributed by atoms with Gasteiger partial charge in [0.2, 0.25) is 0 Å². The molecule has 0 aliphatic heterocycles. The fourth-order valence-electron chi connectivity index (χ4n) is 10.2. The van der Waals surface area contributed by atoms with Gasteiger partial charge in [-0.2, -0.15) is 0 Å². The van der Waals surface area contributed by atoms with Crippen molar-refractivity contribution in [2.75, 3.05) is 24.6 Å². The number of rotatable bonds is 54. The van der Waals surface area contributed by atoms with E-state index in [0.29, 0.717) is 0 Å². The first-order valence-corrected chi connectivity index (χ1v) is 31.6. The molecule has 0 heterocycles. The second-order valence-electron chi connectivity index (χ2n) is 20.5. The fourth-order valence-corrected chi connectivity index (χ4v) is 15.1. The molecule has 0 saturated heterocycles. The molecule has 0 spiro atoms. The van der Waals surface area contributed by atoms with E-state index in [9.17, 15) is 0 Å². The molecule has 356 valence electrons. The Bertz CT molecular complexity index is 631. The van der Waals surface area contributed by atoms with Gasteiger partial charge in [0, 0.05) is 7.26 Å². The summed E-state index contributed by atoms with van der Waals surface area (Å²) in [6.07, 6.45) is 81.2. The summed E-state index contributed by atoms with van der Waals surface area (Å²) in [4.78, 5) is 0. The van der Waals surface area contributed by atoms with Crippen LogP contribution in [-0.4, -0.2) is 24.6 Å². The maximum atomic E-state index is 2.39. The lowest BCUT2D eigenvalue weighted by molar-refractivity contribution is 0.533. The van der Waals surface area contributed by atoms with E-state index in [1.807, 2.05) is 0 Å². The van der Waals surface area contributed by atoms with Gasteiger partial charge in [-0.25, -0.2) is 0 Å². The third-order valence-corrected chi connectivity index (χ3v) is 19.5. The summed E-state index contributed by atoms with van der Waals surface area (Å²) in [5.41, 5.74) is 0. The van der Waals surface area contributed by atoms with Crippen LogP contribution < -0.4 is 0 Å². The van der Waals surface area contributed by atoms with Crippen molar-refractivity contribution in [2.24, 2.45) is 0 Å². The van der Waals surface area contributed by atoms with Crippen molar-refractivity contribution >= 4 is 7.26 Å². The van der Waals surface area contributed by atoms with Gasteiger partial charge >= 0.3 is 0 Å². The van der Waals surface area contributed by atoms with Gasteiger partial charge in [-0.05, 0) is 51.4 Å². The Balaban J connectivity index is 4.65. The molecular formula is C58H120P+. The standard InChI is InChI=1S/C58H120P/c1-5-9-13-17-20-23-26-29-32-35-38-41-44-48-52-56-59(55-51-47-16-12-8-4,57-53-49-45-42-39-36-33-30-27-24-21-18-14-10-6-2)58-54-50-46-43-40-37-34-31-28-25-22-19-15-11-7-3/h5-58H2,1-4H3/q+1. The van der Waals surface area contributed by atoms with E-state index in [4.69, 9.17) is 0 Å². The lowest BCUT2D eigenvalue weighted by atomic mass is 10.0. The first kappa shape index (κ1) is 59.4. The zero-order valence-electron chi connectivity index (χ0n) is 42.6. The topological polar surface area (TPSA) is 0 Å². The molecule has 0 rings (SSSR count). The van der Waals surface area contributed by atoms with Gasteiger partial charge in [0.25, 0.3) is 0 Å². The lowest BCUT2D eigenvalue weighted by Crippen LogP contribution is -2.13. The quantitative estimate of drug-likeness (QED) is 0.0423. The van der Waals surface area contributed by atoms with E-state index in [0.717, 1.165) is 0 Å². The molecule has 0 bridgehead atoms. The molecule has 59 heavy (non-hydrogen) atoms. The Hall–Kier alpha value is 0.430. The molecule has 0 aliphatic rings. The van der Waals surface area contributed by atoms with Gasteiger partial charge < -0.3 is 0 Å². The molecule has 0 saturated carbocycles. The molecule has 0 aromatic heterocycles. The normalized spacial score (nSPS) is 12.0. The van der Waals surface area contributed by atoms with Gasteiger partial charge in [-0.3, -0.25) is 0 Å². The van der Waals surface area contributed by atoms with E-state index in [-0.39, 0.29) is 0 Å². The van der Waals surface area contributed by atoms with Gasteiger partial charge in [-0.15, -0.1) is 0 Å². The van der Waals surface area contributed by atoms with Crippen LogP contribution in [0.1, 0.15) is 349 Å². The number of unbranched alkanes of at least 4 members (excludes halogenated alkanes) is 46. The molecule has 0 atom stereocenters. The Kier molecular flexibility index (Phi) is 53.2. The molecule has 0 nitrogen and oxygen atoms in total. The zero-order valence-corrected chi connectivity index (χ0v) is 43.5. The van der Waals surface area contributed by atoms with Crippen molar-refractivity contribution in [1.29, 1.82) is 0 Å². The smallest absolute Gasteiger partial charge is 0.0594 e. The van der Waals surface area contributed by atoms with Crippen molar-refractivity contribution in [3.05, 3.63) is 0 Å². The highest BCUT2D eigenvalue weighted by Gasteiger charge is 2.35. The molecule has 1 heteroatoms. The summed E-state index contributed by atoms with van der Waals surface area (Å²) < 4.78 is 0. The minimum absolute atomic E-state index is 0.804. The molecule has 0 radical (unpaired) electrons. The summed E-state index contributed by atoms with van der Waals surface area (Å²) in [7, 11) is -0.804. The summed E-state index contributed by atoms with van der Waals surface area (Å²) in [6, 6.07) is 0. The Morgan fingerprint density at radius 2 is 0.237 bits per heavy atom. The minimum Gasteiger partial charge on any atom is -0.0654 e. The largest absolute Gasteiger partial charge is 0.0654 e. The second kappa shape index (κ2) is 52.8. The first-order chi connectivity index (χ1) is 29.2. The number of hydrogen-bond donors (Lipinski definition) is 0. The average molecular weight is 849 g/mol. The summed E-state index contributed by atoms with van der Waals surface area (Å²) in [5, 5.41) is 0. The maximum absolute atomic E-state index is 2.39. The molecule has 0 N–H and O–H groups in total. The van der Waals surface area contributed by atoms with E-state index >= 15 is 0 Å². The van der Waals surface area contributed by atoms with E-state index in [2.05, 4.69) is 27.7 Å². The van der Waals surface area contributed by atoms with Gasteiger partial charge in [0.05, 0.1) is 24.6 Å². The molecule has 0 unspecified atom stereocenters. The van der Waals surface area contributed by atoms with Crippen LogP contribution in [0.3, 0.4) is 0 Å². The Labute approximate surface area is 379 Å². The van der Waals surface area contributed by atoms with Crippen LogP contribution in [0, 0.1) is 0 Å². The first-order valence-electron chi connectivity index (χ1n) is 29.1. The van der Waals surface area contributed by atoms with Crippen LogP contribution in [0.5, 0.6) is 0 Å². The third kappa shape index (κ3) is 47.7. The van der Waals surface area contributed by atoms with Crippen LogP contribution in [-0.2, 0) is 0 Å². The predicted molar refractivity (Wildman–Crippen MR) is 280 cm³/mol. The van der Waals surface area contributed by atoms with Crippen molar-refractivity contribution in [3.8, 4) is 0 Å². The second-order valence-corrected chi connectivity index (χ2v) is 25.0. The van der Waals surface area contributed by atoms with Gasteiger partial charge in [0.15, 0.2) is 0 Å². The van der Waals surface area contributed by atoms with Crippen LogP contribution in [0.25, 0.3) is 0 Å². The highest BCUT2D eigenvalue weighted by atomic mass is 31.2. The zero-order chi connectivity index (χ0) is 42.7. The predicted octanol–water partition coefficient (Wildman–Crippen LogP) is 22.6. The van der Waals surface area contributed by atoms with E-state index in [1.165, 1.54) is 295 Å². The van der Waals surface area contributed by atoms with Crippen molar-refractivity contribution in [2.45, 2.75) is 349 Å². The Morgan fingerprint density at radius 1 is 0.136 bits per heavy atom. The molecule has 0 fully saturated rings. The third-order valence-electron chi connectivity index (χ3n) is 14.4. The van der Waals surface area contributed by atoms with Crippen LogP contribution >= 0.6 is 7.26 Å². The van der Waals surface area contributed by atoms with E-state index < -0.39 is 7.26 Å². The molecule has 0 aromatic rings. The lowest BCUT2D eigenvalue weighted by Gasteiger charge is -2.28. The summed E-state index contributed by atoms with van der Waals surface area (Å²) in [6.45, 7) is 9.38. The highest BCUT2D eigenvalue weighted by Crippen LogP contribution is 2.61. The summed E-state index contributed by atoms with van der Waals surface area (Å²) in [5.74, 6) is 0. The van der Waals surface area contributed by atoms with Gasteiger partial charge in [-0.1, -0.05) is 297 Å². The summed E-state index contributed by atoms with van der Waals surface area (Å²) >= 11 is 0. The molecular weight excluding hydrogens is 728 g/mol. The van der Waals surface area contributed by atoms with Gasteiger partial charge in [0.1, 0.15) is 0 Å². The van der Waals surface area contributed by atoms with E-state index in [1.54, 1.807) is 50.3 Å². The maximum Gasteiger partial charge on any atom is 0.0594 e. The molecule has 0 amide bonds. The molecule has 0 aromatic carbocycles. The fraction of sp³-hybridized carbons (Fsp3) is 1.00. The SMILES string of the molecule is CCCCCCCCCCCCCCCCC[P+](CCCCCCC)(CCCCCCCCCCCCCCCCC)CCCCCCCCCCCCCCCCC. The molecule has 0 aliphatic carbocycles.